The Bertz CT molecular complexity index is 938. The third-order valence-corrected chi connectivity index (χ3v) is 6.07. The van der Waals surface area contributed by atoms with Crippen LogP contribution in [0.2, 0.25) is 0 Å². The first-order valence-corrected chi connectivity index (χ1v) is 10.5. The summed E-state index contributed by atoms with van der Waals surface area (Å²) in [6, 6.07) is 16.0. The Hall–Kier alpha value is -2.57. The number of carbonyl (C=O) groups excluding carboxylic acids is 1. The van der Waals surface area contributed by atoms with Crippen molar-refractivity contribution in [2.75, 3.05) is 19.9 Å². The molecule has 6 heteroatoms. The van der Waals surface area contributed by atoms with Gasteiger partial charge < -0.3 is 23.8 Å². The largest absolute Gasteiger partial charge is 0.454 e. The van der Waals surface area contributed by atoms with E-state index in [4.69, 9.17) is 18.9 Å². The third kappa shape index (κ3) is 3.66. The van der Waals surface area contributed by atoms with Crippen LogP contribution in [0, 0.1) is 0 Å². The second-order valence-corrected chi connectivity index (χ2v) is 8.77. The topological polar surface area (TPSA) is 57.2 Å². The molecule has 2 heterocycles. The van der Waals surface area contributed by atoms with E-state index in [0.29, 0.717) is 19.7 Å². The number of nitrogens with zero attached hydrogens (tertiary/aromatic N) is 1. The minimum atomic E-state index is -0.616. The summed E-state index contributed by atoms with van der Waals surface area (Å²) >= 11 is 0. The number of rotatable bonds is 6. The van der Waals surface area contributed by atoms with E-state index in [2.05, 4.69) is 12.1 Å². The van der Waals surface area contributed by atoms with Crippen molar-refractivity contribution in [2.45, 2.75) is 50.5 Å². The maximum absolute atomic E-state index is 13.8. The molecule has 1 saturated carbocycles. The van der Waals surface area contributed by atoms with Gasteiger partial charge in [0.15, 0.2) is 17.3 Å². The van der Waals surface area contributed by atoms with E-state index in [1.165, 1.54) is 0 Å². The average Bonchev–Trinajstić information content (AvgIpc) is 3.30. The van der Waals surface area contributed by atoms with Gasteiger partial charge >= 0.3 is 0 Å². The fourth-order valence-corrected chi connectivity index (χ4v) is 4.39. The van der Waals surface area contributed by atoms with E-state index in [0.717, 1.165) is 35.5 Å². The summed E-state index contributed by atoms with van der Waals surface area (Å²) in [5.74, 6) is 1.01. The van der Waals surface area contributed by atoms with Crippen LogP contribution in [-0.2, 0) is 26.2 Å². The number of fused-ring (bicyclic) bond motifs is 1. The van der Waals surface area contributed by atoms with Gasteiger partial charge in [-0.2, -0.15) is 0 Å². The fourth-order valence-electron chi connectivity index (χ4n) is 4.39. The predicted octanol–water partition coefficient (Wildman–Crippen LogP) is 3.63. The minimum Gasteiger partial charge on any atom is -0.454 e. The molecular weight excluding hydrogens is 382 g/mol. The van der Waals surface area contributed by atoms with Crippen molar-refractivity contribution in [3.63, 3.8) is 0 Å². The molecule has 0 unspecified atom stereocenters. The molecule has 1 atom stereocenters. The molecule has 1 amide bonds. The molecule has 2 aromatic rings. The third-order valence-electron chi connectivity index (χ3n) is 6.07. The van der Waals surface area contributed by atoms with Crippen LogP contribution in [0.4, 0.5) is 0 Å². The Kier molecular flexibility index (Phi) is 4.71. The molecule has 1 aliphatic carbocycles. The second-order valence-electron chi connectivity index (χ2n) is 8.77. The normalized spacial score (nSPS) is 22.7. The molecule has 0 bridgehead atoms. The summed E-state index contributed by atoms with van der Waals surface area (Å²) in [7, 11) is 0. The summed E-state index contributed by atoms with van der Waals surface area (Å²) in [5.41, 5.74) is 1.68. The Morgan fingerprint density at radius 3 is 2.53 bits per heavy atom. The highest BCUT2D eigenvalue weighted by Crippen LogP contribution is 2.50. The minimum absolute atomic E-state index is 0.149. The molecule has 0 aromatic heterocycles. The summed E-state index contributed by atoms with van der Waals surface area (Å²) in [6.45, 7) is 5.51. The lowest BCUT2D eigenvalue weighted by Gasteiger charge is -2.30. The molecule has 6 nitrogen and oxygen atoms in total. The molecule has 158 valence electrons. The Balaban J connectivity index is 1.40. The van der Waals surface area contributed by atoms with Crippen molar-refractivity contribution in [2.24, 2.45) is 0 Å². The van der Waals surface area contributed by atoms with Crippen LogP contribution in [0.3, 0.4) is 0 Å². The zero-order valence-corrected chi connectivity index (χ0v) is 17.4. The highest BCUT2D eigenvalue weighted by atomic mass is 16.7. The smallest absolute Gasteiger partial charge is 0.233 e. The van der Waals surface area contributed by atoms with Crippen LogP contribution in [0.1, 0.15) is 37.8 Å². The highest BCUT2D eigenvalue weighted by Gasteiger charge is 2.53. The Morgan fingerprint density at radius 2 is 1.83 bits per heavy atom. The standard InChI is InChI=1S/C24H27NO5/c1-23(2)29-15-19(30-23)14-25(13-17-8-9-20-21(12-17)28-16-27-20)22(26)24(10-11-24)18-6-4-3-5-7-18/h3-9,12,19H,10-11,13-16H2,1-2H3/t19-/m0/s1. The molecule has 2 fully saturated rings. The number of benzene rings is 2. The predicted molar refractivity (Wildman–Crippen MR) is 110 cm³/mol. The first kappa shape index (κ1) is 19.4. The van der Waals surface area contributed by atoms with Crippen molar-refractivity contribution in [1.29, 1.82) is 0 Å². The van der Waals surface area contributed by atoms with Gasteiger partial charge in [0.25, 0.3) is 0 Å². The maximum Gasteiger partial charge on any atom is 0.233 e. The van der Waals surface area contributed by atoms with Crippen LogP contribution in [0.15, 0.2) is 48.5 Å². The number of amides is 1. The van der Waals surface area contributed by atoms with Crippen LogP contribution >= 0.6 is 0 Å². The summed E-state index contributed by atoms with van der Waals surface area (Å²) in [6.07, 6.45) is 1.60. The first-order chi connectivity index (χ1) is 14.5. The van der Waals surface area contributed by atoms with E-state index in [9.17, 15) is 4.79 Å². The molecule has 0 N–H and O–H groups in total. The Morgan fingerprint density at radius 1 is 1.07 bits per heavy atom. The SMILES string of the molecule is CC1(C)OC[C@H](CN(Cc2ccc3c(c2)OCO3)C(=O)C2(c3ccccc3)CC2)O1. The monoisotopic (exact) mass is 409 g/mol. The van der Waals surface area contributed by atoms with Gasteiger partial charge in [0.05, 0.1) is 12.0 Å². The van der Waals surface area contributed by atoms with Gasteiger partial charge in [0.1, 0.15) is 6.10 Å². The van der Waals surface area contributed by atoms with Gasteiger partial charge in [0, 0.05) is 13.1 Å². The van der Waals surface area contributed by atoms with E-state index >= 15 is 0 Å². The van der Waals surface area contributed by atoms with E-state index in [-0.39, 0.29) is 18.8 Å². The zero-order chi connectivity index (χ0) is 20.8. The first-order valence-electron chi connectivity index (χ1n) is 10.5. The highest BCUT2D eigenvalue weighted by molar-refractivity contribution is 5.91. The van der Waals surface area contributed by atoms with Crippen molar-refractivity contribution in [3.8, 4) is 11.5 Å². The molecule has 2 aliphatic heterocycles. The molecule has 30 heavy (non-hydrogen) atoms. The van der Waals surface area contributed by atoms with Crippen molar-refractivity contribution < 1.29 is 23.7 Å². The number of ether oxygens (including phenoxy) is 4. The van der Waals surface area contributed by atoms with Crippen molar-refractivity contribution in [1.82, 2.24) is 4.90 Å². The van der Waals surface area contributed by atoms with E-state index in [1.807, 2.05) is 55.1 Å². The molecule has 3 aliphatic rings. The van der Waals surface area contributed by atoms with Crippen LogP contribution < -0.4 is 9.47 Å². The summed E-state index contributed by atoms with van der Waals surface area (Å²) in [4.78, 5) is 15.7. The number of hydrogen-bond donors (Lipinski definition) is 0. The summed E-state index contributed by atoms with van der Waals surface area (Å²) in [5, 5.41) is 0. The molecule has 2 aromatic carbocycles. The van der Waals surface area contributed by atoms with Gasteiger partial charge in [-0.05, 0) is 49.9 Å². The summed E-state index contributed by atoms with van der Waals surface area (Å²) < 4.78 is 22.7. The molecule has 1 saturated heterocycles. The lowest BCUT2D eigenvalue weighted by molar-refractivity contribution is -0.148. The Labute approximate surface area is 176 Å². The number of carbonyl (C=O) groups is 1. The van der Waals surface area contributed by atoms with Crippen LogP contribution in [0.25, 0.3) is 0 Å². The number of hydrogen-bond acceptors (Lipinski definition) is 5. The quantitative estimate of drug-likeness (QED) is 0.729. The molecule has 0 spiro atoms. The second kappa shape index (κ2) is 7.29. The van der Waals surface area contributed by atoms with Gasteiger partial charge in [-0.25, -0.2) is 0 Å². The van der Waals surface area contributed by atoms with Crippen molar-refractivity contribution >= 4 is 5.91 Å². The van der Waals surface area contributed by atoms with Gasteiger partial charge in [-0.1, -0.05) is 36.4 Å². The van der Waals surface area contributed by atoms with Crippen LogP contribution in [-0.4, -0.2) is 42.6 Å². The molecule has 0 radical (unpaired) electrons. The lowest BCUT2D eigenvalue weighted by atomic mass is 9.94. The van der Waals surface area contributed by atoms with E-state index < -0.39 is 11.2 Å². The van der Waals surface area contributed by atoms with Gasteiger partial charge in [-0.3, -0.25) is 4.79 Å². The van der Waals surface area contributed by atoms with Gasteiger partial charge in [-0.15, -0.1) is 0 Å². The fraction of sp³-hybridized carbons (Fsp3) is 0.458. The van der Waals surface area contributed by atoms with Crippen LogP contribution in [0.5, 0.6) is 11.5 Å². The maximum atomic E-state index is 13.8. The zero-order valence-electron chi connectivity index (χ0n) is 17.4. The lowest BCUT2D eigenvalue weighted by Crippen LogP contribution is -2.43. The van der Waals surface area contributed by atoms with Gasteiger partial charge in [0.2, 0.25) is 12.7 Å². The molecule has 5 rings (SSSR count). The van der Waals surface area contributed by atoms with E-state index in [1.54, 1.807) is 0 Å². The molecular formula is C24H27NO5. The average molecular weight is 409 g/mol. The van der Waals surface area contributed by atoms with Crippen molar-refractivity contribution in [3.05, 3.63) is 59.7 Å².